The number of nitrogens with zero attached hydrogens (tertiary/aromatic N) is 4. The summed E-state index contributed by atoms with van der Waals surface area (Å²) >= 11 is 6.04. The van der Waals surface area contributed by atoms with Crippen LogP contribution >= 0.6 is 11.6 Å². The van der Waals surface area contributed by atoms with E-state index in [0.717, 1.165) is 24.4 Å². The molecule has 0 saturated heterocycles. The average Bonchev–Trinajstić information content (AvgIpc) is 3.06. The third-order valence-corrected chi connectivity index (χ3v) is 5.26. The highest BCUT2D eigenvalue weighted by Gasteiger charge is 2.34. The number of nitrogens with one attached hydrogen (secondary N) is 2. The van der Waals surface area contributed by atoms with Crippen molar-refractivity contribution in [2.75, 3.05) is 5.32 Å². The van der Waals surface area contributed by atoms with E-state index in [-0.39, 0.29) is 18.3 Å². The van der Waals surface area contributed by atoms with Crippen molar-refractivity contribution in [3.63, 3.8) is 0 Å². The minimum atomic E-state index is -1.05. The van der Waals surface area contributed by atoms with Crippen LogP contribution in [0.1, 0.15) is 32.1 Å². The Labute approximate surface area is 165 Å². The van der Waals surface area contributed by atoms with Crippen molar-refractivity contribution < 1.29 is 9.50 Å². The summed E-state index contributed by atoms with van der Waals surface area (Å²) in [5.74, 6) is -0.169. The highest BCUT2D eigenvalue weighted by molar-refractivity contribution is 6.31. The molecule has 7 nitrogen and oxygen atoms in total. The molecule has 3 aromatic heterocycles. The van der Waals surface area contributed by atoms with Gasteiger partial charge in [-0.3, -0.25) is 0 Å². The second kappa shape index (κ2) is 7.34. The molecule has 0 aliphatic heterocycles. The van der Waals surface area contributed by atoms with E-state index in [9.17, 15) is 9.50 Å². The summed E-state index contributed by atoms with van der Waals surface area (Å²) in [7, 11) is 0. The van der Waals surface area contributed by atoms with Gasteiger partial charge in [0.25, 0.3) is 0 Å². The molecule has 1 aliphatic rings. The number of anilines is 1. The molecule has 0 aromatic carbocycles. The molecule has 1 fully saturated rings. The van der Waals surface area contributed by atoms with Crippen LogP contribution < -0.4 is 5.32 Å². The van der Waals surface area contributed by atoms with Crippen molar-refractivity contribution in [2.24, 2.45) is 0 Å². The van der Waals surface area contributed by atoms with Crippen LogP contribution in [0.3, 0.4) is 0 Å². The lowest BCUT2D eigenvalue weighted by Crippen LogP contribution is -2.40. The van der Waals surface area contributed by atoms with Crippen LogP contribution in [0.4, 0.5) is 10.2 Å². The molecule has 2 atom stereocenters. The van der Waals surface area contributed by atoms with Gasteiger partial charge in [-0.1, -0.05) is 11.6 Å². The van der Waals surface area contributed by atoms with Gasteiger partial charge in [-0.25, -0.2) is 19.3 Å². The van der Waals surface area contributed by atoms with Crippen molar-refractivity contribution in [3.05, 3.63) is 35.5 Å². The number of aromatic nitrogens is 4. The number of H-pyrrole nitrogens is 1. The van der Waals surface area contributed by atoms with E-state index < -0.39 is 11.4 Å². The molecule has 28 heavy (non-hydrogen) atoms. The fraction of sp³-hybridized carbons (Fsp3) is 0.368. The largest absolute Gasteiger partial charge is 0.389 e. The fourth-order valence-electron chi connectivity index (χ4n) is 3.73. The number of pyridine rings is 1. The van der Waals surface area contributed by atoms with Crippen molar-refractivity contribution in [3.8, 4) is 17.5 Å². The maximum atomic E-state index is 14.3. The van der Waals surface area contributed by atoms with Gasteiger partial charge in [-0.15, -0.1) is 0 Å². The topological polar surface area (TPSA) is 111 Å². The van der Waals surface area contributed by atoms with Crippen molar-refractivity contribution >= 4 is 28.5 Å². The first-order valence-corrected chi connectivity index (χ1v) is 9.37. The Hall–Kier alpha value is -2.76. The van der Waals surface area contributed by atoms with Crippen LogP contribution in [0.2, 0.25) is 5.02 Å². The van der Waals surface area contributed by atoms with Crippen LogP contribution in [-0.2, 0) is 0 Å². The molecule has 1 aliphatic carbocycles. The molecule has 1 saturated carbocycles. The van der Waals surface area contributed by atoms with Gasteiger partial charge in [0.15, 0.2) is 17.5 Å². The quantitative estimate of drug-likeness (QED) is 0.614. The van der Waals surface area contributed by atoms with Gasteiger partial charge < -0.3 is 15.4 Å². The lowest BCUT2D eigenvalue weighted by molar-refractivity contribution is 0.00444. The van der Waals surface area contributed by atoms with E-state index >= 15 is 0 Å². The first-order chi connectivity index (χ1) is 13.5. The minimum absolute atomic E-state index is 0.0613. The third kappa shape index (κ3) is 3.63. The Bertz CT molecular complexity index is 1060. The SMILES string of the molecule is N#CC[C@@]1(O)CCC[C@H](Nc2nc(-c3c[nH]c4ncc(Cl)cc34)ncc2F)C1. The minimum Gasteiger partial charge on any atom is -0.389 e. The molecule has 4 rings (SSSR count). The fourth-order valence-corrected chi connectivity index (χ4v) is 3.88. The lowest BCUT2D eigenvalue weighted by atomic mass is 9.80. The molecule has 0 bridgehead atoms. The Morgan fingerprint density at radius 2 is 2.29 bits per heavy atom. The molecular weight excluding hydrogens is 383 g/mol. The Kier molecular flexibility index (Phi) is 4.87. The van der Waals surface area contributed by atoms with Gasteiger partial charge in [-0.2, -0.15) is 5.26 Å². The van der Waals surface area contributed by atoms with Crippen LogP contribution in [-0.4, -0.2) is 36.7 Å². The highest BCUT2D eigenvalue weighted by Crippen LogP contribution is 2.33. The number of hydrogen-bond donors (Lipinski definition) is 3. The molecule has 0 unspecified atom stereocenters. The smallest absolute Gasteiger partial charge is 0.183 e. The Morgan fingerprint density at radius 1 is 1.43 bits per heavy atom. The Balaban J connectivity index is 1.62. The van der Waals surface area contributed by atoms with Gasteiger partial charge in [0.05, 0.1) is 29.3 Å². The number of aromatic amines is 1. The number of rotatable bonds is 4. The van der Waals surface area contributed by atoms with Crippen molar-refractivity contribution in [1.29, 1.82) is 5.26 Å². The monoisotopic (exact) mass is 400 g/mol. The Morgan fingerprint density at radius 3 is 3.11 bits per heavy atom. The zero-order chi connectivity index (χ0) is 19.7. The molecule has 0 radical (unpaired) electrons. The number of aliphatic hydroxyl groups is 1. The summed E-state index contributed by atoms with van der Waals surface area (Å²) in [5.41, 5.74) is 0.254. The molecule has 0 amide bonds. The van der Waals surface area contributed by atoms with Crippen LogP contribution in [0.25, 0.3) is 22.4 Å². The molecule has 3 heterocycles. The number of fused-ring (bicyclic) bond motifs is 1. The van der Waals surface area contributed by atoms with Crippen molar-refractivity contribution in [1.82, 2.24) is 19.9 Å². The van der Waals surface area contributed by atoms with Crippen molar-refractivity contribution in [2.45, 2.75) is 43.7 Å². The summed E-state index contributed by atoms with van der Waals surface area (Å²) in [5, 5.41) is 23.7. The van der Waals surface area contributed by atoms with E-state index in [2.05, 4.69) is 25.3 Å². The first kappa shape index (κ1) is 18.6. The molecular formula is C19H18ClFN6O. The number of hydrogen-bond acceptors (Lipinski definition) is 6. The zero-order valence-electron chi connectivity index (χ0n) is 14.9. The van der Waals surface area contributed by atoms with Gasteiger partial charge in [-0.05, 0) is 31.7 Å². The maximum Gasteiger partial charge on any atom is 0.183 e. The van der Waals surface area contributed by atoms with Gasteiger partial charge in [0, 0.05) is 29.4 Å². The van der Waals surface area contributed by atoms with Crippen LogP contribution in [0, 0.1) is 17.1 Å². The number of halogens is 2. The standard InChI is InChI=1S/C19H18ClFN6O/c20-11-6-13-14(9-24-16(13)23-8-11)17-25-10-15(21)18(27-17)26-12-2-1-3-19(28,7-12)4-5-22/h6,8-10,12,28H,1-4,7H2,(H,23,24)(H,25,26,27)/t12-,19-/m0/s1. The predicted octanol–water partition coefficient (Wildman–Crippen LogP) is 3.81. The average molecular weight is 401 g/mol. The maximum absolute atomic E-state index is 14.3. The number of nitriles is 1. The van der Waals surface area contributed by atoms with Crippen LogP contribution in [0.15, 0.2) is 24.7 Å². The van der Waals surface area contributed by atoms with E-state index in [4.69, 9.17) is 16.9 Å². The summed E-state index contributed by atoms with van der Waals surface area (Å²) in [4.78, 5) is 15.7. The summed E-state index contributed by atoms with van der Waals surface area (Å²) in [6.45, 7) is 0. The molecule has 3 N–H and O–H groups in total. The third-order valence-electron chi connectivity index (χ3n) is 5.05. The van der Waals surface area contributed by atoms with E-state index in [1.165, 1.54) is 6.20 Å². The molecule has 144 valence electrons. The molecule has 3 aromatic rings. The van der Waals surface area contributed by atoms with Gasteiger partial charge in [0.1, 0.15) is 5.65 Å². The summed E-state index contributed by atoms with van der Waals surface area (Å²) < 4.78 is 14.3. The predicted molar refractivity (Wildman–Crippen MR) is 103 cm³/mol. The van der Waals surface area contributed by atoms with Gasteiger partial charge in [0.2, 0.25) is 0 Å². The molecule has 0 spiro atoms. The summed E-state index contributed by atoms with van der Waals surface area (Å²) in [6.07, 6.45) is 6.87. The molecule has 9 heteroatoms. The second-order valence-corrected chi connectivity index (χ2v) is 7.58. The lowest BCUT2D eigenvalue weighted by Gasteiger charge is -2.35. The second-order valence-electron chi connectivity index (χ2n) is 7.14. The van der Waals surface area contributed by atoms with Gasteiger partial charge >= 0.3 is 0 Å². The zero-order valence-corrected chi connectivity index (χ0v) is 15.7. The normalized spacial score (nSPS) is 22.1. The highest BCUT2D eigenvalue weighted by atomic mass is 35.5. The van der Waals surface area contributed by atoms with E-state index in [1.54, 1.807) is 12.3 Å². The first-order valence-electron chi connectivity index (χ1n) is 8.99. The summed E-state index contributed by atoms with van der Waals surface area (Å²) in [6, 6.07) is 3.60. The van der Waals surface area contributed by atoms with Crippen LogP contribution in [0.5, 0.6) is 0 Å². The van der Waals surface area contributed by atoms with E-state index in [0.29, 0.717) is 34.9 Å². The van der Waals surface area contributed by atoms with E-state index in [1.807, 2.05) is 6.07 Å².